The molecule has 0 saturated heterocycles. The third kappa shape index (κ3) is 2.46. The van der Waals surface area contributed by atoms with E-state index in [-0.39, 0.29) is 0 Å². The fourth-order valence-electron chi connectivity index (χ4n) is 1.13. The Morgan fingerprint density at radius 1 is 1.58 bits per heavy atom. The molecule has 1 rings (SSSR count). The standard InChI is InChI=1S/C10H13NO/c1-9(5-4-8-12)10-6-2-3-7-11-10/h2-3,6-9H,4-5H2,1H3. The lowest BCUT2D eigenvalue weighted by Gasteiger charge is -2.07. The van der Waals surface area contributed by atoms with E-state index < -0.39 is 0 Å². The van der Waals surface area contributed by atoms with E-state index in [4.69, 9.17) is 0 Å². The molecule has 0 spiro atoms. The molecule has 0 aromatic carbocycles. The number of carbonyl (C=O) groups is 1. The first kappa shape index (κ1) is 8.91. The summed E-state index contributed by atoms with van der Waals surface area (Å²) >= 11 is 0. The number of pyridine rings is 1. The first-order chi connectivity index (χ1) is 5.84. The zero-order valence-corrected chi connectivity index (χ0v) is 7.23. The lowest BCUT2D eigenvalue weighted by atomic mass is 10.0. The van der Waals surface area contributed by atoms with Gasteiger partial charge in [0.2, 0.25) is 0 Å². The van der Waals surface area contributed by atoms with Gasteiger partial charge in [-0.3, -0.25) is 4.98 Å². The smallest absolute Gasteiger partial charge is 0.120 e. The molecule has 0 aliphatic heterocycles. The molecule has 0 aliphatic rings. The van der Waals surface area contributed by atoms with E-state index in [1.54, 1.807) is 6.20 Å². The number of carbonyl (C=O) groups excluding carboxylic acids is 1. The van der Waals surface area contributed by atoms with E-state index in [2.05, 4.69) is 11.9 Å². The minimum Gasteiger partial charge on any atom is -0.303 e. The SMILES string of the molecule is CC(CCC=O)c1ccccn1. The molecule has 1 unspecified atom stereocenters. The molecule has 0 radical (unpaired) electrons. The van der Waals surface area contributed by atoms with Gasteiger partial charge in [0.05, 0.1) is 0 Å². The largest absolute Gasteiger partial charge is 0.303 e. The van der Waals surface area contributed by atoms with Gasteiger partial charge in [0.15, 0.2) is 0 Å². The summed E-state index contributed by atoms with van der Waals surface area (Å²) in [6, 6.07) is 5.87. The van der Waals surface area contributed by atoms with Crippen molar-refractivity contribution in [2.24, 2.45) is 0 Å². The third-order valence-corrected chi connectivity index (χ3v) is 1.91. The minimum atomic E-state index is 0.386. The Morgan fingerprint density at radius 2 is 2.42 bits per heavy atom. The Kier molecular flexibility index (Phi) is 3.45. The first-order valence-electron chi connectivity index (χ1n) is 4.19. The van der Waals surface area contributed by atoms with Gasteiger partial charge in [-0.2, -0.15) is 0 Å². The van der Waals surface area contributed by atoms with Crippen LogP contribution in [0.3, 0.4) is 0 Å². The van der Waals surface area contributed by atoms with Crippen LogP contribution in [0.25, 0.3) is 0 Å². The molecule has 0 fully saturated rings. The van der Waals surface area contributed by atoms with Crippen molar-refractivity contribution in [2.75, 3.05) is 0 Å². The molecule has 1 atom stereocenters. The second-order valence-electron chi connectivity index (χ2n) is 2.90. The highest BCUT2D eigenvalue weighted by molar-refractivity contribution is 5.49. The molecular formula is C10H13NO. The van der Waals surface area contributed by atoms with Crippen LogP contribution >= 0.6 is 0 Å². The van der Waals surface area contributed by atoms with Crippen LogP contribution in [0.15, 0.2) is 24.4 Å². The van der Waals surface area contributed by atoms with Crippen LogP contribution in [0.1, 0.15) is 31.4 Å². The topological polar surface area (TPSA) is 30.0 Å². The van der Waals surface area contributed by atoms with Gasteiger partial charge in [0, 0.05) is 18.3 Å². The van der Waals surface area contributed by atoms with E-state index in [1.165, 1.54) is 0 Å². The molecular weight excluding hydrogens is 150 g/mol. The highest BCUT2D eigenvalue weighted by Crippen LogP contribution is 2.16. The van der Waals surface area contributed by atoms with Crippen LogP contribution in [0.2, 0.25) is 0 Å². The minimum absolute atomic E-state index is 0.386. The fourth-order valence-corrected chi connectivity index (χ4v) is 1.13. The Balaban J connectivity index is 2.53. The lowest BCUT2D eigenvalue weighted by molar-refractivity contribution is -0.108. The summed E-state index contributed by atoms with van der Waals surface area (Å²) in [6.07, 6.45) is 4.25. The summed E-state index contributed by atoms with van der Waals surface area (Å²) in [4.78, 5) is 14.3. The average molecular weight is 163 g/mol. The van der Waals surface area contributed by atoms with Crippen molar-refractivity contribution in [3.63, 3.8) is 0 Å². The number of hydrogen-bond donors (Lipinski definition) is 0. The zero-order valence-electron chi connectivity index (χ0n) is 7.23. The van der Waals surface area contributed by atoms with Gasteiger partial charge < -0.3 is 4.79 Å². The number of nitrogens with zero attached hydrogens (tertiary/aromatic N) is 1. The summed E-state index contributed by atoms with van der Waals surface area (Å²) in [7, 11) is 0. The maximum absolute atomic E-state index is 10.1. The second-order valence-corrected chi connectivity index (χ2v) is 2.90. The Hall–Kier alpha value is -1.18. The van der Waals surface area contributed by atoms with Crippen molar-refractivity contribution in [1.29, 1.82) is 0 Å². The maximum atomic E-state index is 10.1. The Labute approximate surface area is 72.6 Å². The van der Waals surface area contributed by atoms with Crippen LogP contribution in [0.5, 0.6) is 0 Å². The summed E-state index contributed by atoms with van der Waals surface area (Å²) in [5.74, 6) is 0.386. The van der Waals surface area contributed by atoms with Crippen molar-refractivity contribution >= 4 is 6.29 Å². The highest BCUT2D eigenvalue weighted by atomic mass is 16.1. The molecule has 0 bridgehead atoms. The van der Waals surface area contributed by atoms with E-state index in [1.807, 2.05) is 18.2 Å². The monoisotopic (exact) mass is 163 g/mol. The van der Waals surface area contributed by atoms with Crippen molar-refractivity contribution < 1.29 is 4.79 Å². The zero-order chi connectivity index (χ0) is 8.81. The molecule has 0 saturated carbocycles. The molecule has 1 aromatic rings. The third-order valence-electron chi connectivity index (χ3n) is 1.91. The molecule has 0 aliphatic carbocycles. The van der Waals surface area contributed by atoms with Gasteiger partial charge in [-0.1, -0.05) is 13.0 Å². The van der Waals surface area contributed by atoms with Crippen molar-refractivity contribution in [3.05, 3.63) is 30.1 Å². The number of aldehydes is 1. The molecule has 1 aromatic heterocycles. The lowest BCUT2D eigenvalue weighted by Crippen LogP contribution is -1.96. The predicted octanol–water partition coefficient (Wildman–Crippen LogP) is 2.16. The van der Waals surface area contributed by atoms with Crippen molar-refractivity contribution in [1.82, 2.24) is 4.98 Å². The molecule has 0 amide bonds. The van der Waals surface area contributed by atoms with Crippen molar-refractivity contribution in [3.8, 4) is 0 Å². The van der Waals surface area contributed by atoms with Crippen LogP contribution < -0.4 is 0 Å². The summed E-state index contributed by atoms with van der Waals surface area (Å²) in [5, 5.41) is 0. The Bertz CT molecular complexity index is 233. The van der Waals surface area contributed by atoms with E-state index in [0.717, 1.165) is 18.4 Å². The van der Waals surface area contributed by atoms with Crippen LogP contribution in [0, 0.1) is 0 Å². The predicted molar refractivity (Wildman–Crippen MR) is 48.0 cm³/mol. The summed E-state index contributed by atoms with van der Waals surface area (Å²) < 4.78 is 0. The van der Waals surface area contributed by atoms with Gasteiger partial charge >= 0.3 is 0 Å². The van der Waals surface area contributed by atoms with Crippen molar-refractivity contribution in [2.45, 2.75) is 25.7 Å². The van der Waals surface area contributed by atoms with Gasteiger partial charge in [0.1, 0.15) is 6.29 Å². The quantitative estimate of drug-likeness (QED) is 0.637. The number of rotatable bonds is 4. The molecule has 2 heteroatoms. The Morgan fingerprint density at radius 3 is 3.00 bits per heavy atom. The average Bonchev–Trinajstić information content (AvgIpc) is 2.15. The first-order valence-corrected chi connectivity index (χ1v) is 4.19. The number of aromatic nitrogens is 1. The molecule has 64 valence electrons. The van der Waals surface area contributed by atoms with Crippen LogP contribution in [0.4, 0.5) is 0 Å². The second kappa shape index (κ2) is 4.65. The molecule has 0 N–H and O–H groups in total. The van der Waals surface area contributed by atoms with E-state index in [9.17, 15) is 4.79 Å². The molecule has 2 nitrogen and oxygen atoms in total. The van der Waals surface area contributed by atoms with Gasteiger partial charge in [-0.05, 0) is 24.5 Å². The maximum Gasteiger partial charge on any atom is 0.120 e. The van der Waals surface area contributed by atoms with Gasteiger partial charge in [-0.15, -0.1) is 0 Å². The summed E-state index contributed by atoms with van der Waals surface area (Å²) in [5.41, 5.74) is 1.07. The van der Waals surface area contributed by atoms with Gasteiger partial charge in [-0.25, -0.2) is 0 Å². The van der Waals surface area contributed by atoms with Gasteiger partial charge in [0.25, 0.3) is 0 Å². The van der Waals surface area contributed by atoms with Crippen LogP contribution in [-0.2, 0) is 4.79 Å². The highest BCUT2D eigenvalue weighted by Gasteiger charge is 2.04. The summed E-state index contributed by atoms with van der Waals surface area (Å²) in [6.45, 7) is 2.09. The normalized spacial score (nSPS) is 12.4. The number of hydrogen-bond acceptors (Lipinski definition) is 2. The molecule has 1 heterocycles. The fraction of sp³-hybridized carbons (Fsp3) is 0.400. The van der Waals surface area contributed by atoms with E-state index in [0.29, 0.717) is 12.3 Å². The van der Waals surface area contributed by atoms with Crippen LogP contribution in [-0.4, -0.2) is 11.3 Å². The molecule has 12 heavy (non-hydrogen) atoms. The van der Waals surface area contributed by atoms with E-state index >= 15 is 0 Å².